The summed E-state index contributed by atoms with van der Waals surface area (Å²) in [6.07, 6.45) is 5.74. The van der Waals surface area contributed by atoms with E-state index in [1.54, 1.807) is 0 Å². The fourth-order valence-corrected chi connectivity index (χ4v) is 3.40. The topological polar surface area (TPSA) is 46.3 Å². The summed E-state index contributed by atoms with van der Waals surface area (Å²) in [6.45, 7) is 2.87. The lowest BCUT2D eigenvalue weighted by Gasteiger charge is -2.26. The number of hydrogen-bond acceptors (Lipinski definition) is 2. The Bertz CT molecular complexity index is 298. The zero-order valence-corrected chi connectivity index (χ0v) is 9.41. The van der Waals surface area contributed by atoms with Gasteiger partial charge in [-0.05, 0) is 44.6 Å². The van der Waals surface area contributed by atoms with E-state index in [-0.39, 0.29) is 5.41 Å². The fourth-order valence-electron chi connectivity index (χ4n) is 3.40. The average molecular weight is 208 g/mol. The van der Waals surface area contributed by atoms with Gasteiger partial charge in [-0.2, -0.15) is 0 Å². The Morgan fingerprint density at radius 3 is 2.73 bits per heavy atom. The second-order valence-corrected chi connectivity index (χ2v) is 5.80. The molecule has 3 atom stereocenters. The van der Waals surface area contributed by atoms with E-state index >= 15 is 0 Å². The number of carbonyl (C=O) groups is 1. The summed E-state index contributed by atoms with van der Waals surface area (Å²) in [4.78, 5) is 14.5. The Hall–Kier alpha value is -0.570. The molecule has 3 heteroatoms. The molecule has 3 aliphatic rings. The highest BCUT2D eigenvalue weighted by molar-refractivity contribution is 5.86. The van der Waals surface area contributed by atoms with E-state index in [9.17, 15) is 4.79 Å². The molecule has 2 N–H and O–H groups in total. The van der Waals surface area contributed by atoms with Crippen molar-refractivity contribution in [3.63, 3.8) is 0 Å². The molecule has 0 aromatic carbocycles. The Labute approximate surface area is 91.0 Å². The van der Waals surface area contributed by atoms with Crippen LogP contribution in [0.5, 0.6) is 0 Å². The average Bonchev–Trinajstić information content (AvgIpc) is 2.77. The minimum Gasteiger partial charge on any atom is -0.336 e. The van der Waals surface area contributed by atoms with E-state index in [4.69, 9.17) is 5.73 Å². The summed E-state index contributed by atoms with van der Waals surface area (Å²) in [5.74, 6) is 1.00. The number of rotatable bonds is 2. The standard InChI is InChI=1S/C12H20N2O/c1-12(4-5-12)11(15)14-9-2-3-10(14)8(6-9)7-13/h8-10H,2-7,13H2,1H3. The van der Waals surface area contributed by atoms with Crippen molar-refractivity contribution in [2.75, 3.05) is 6.54 Å². The molecule has 0 aromatic heterocycles. The van der Waals surface area contributed by atoms with Crippen LogP contribution in [0.15, 0.2) is 0 Å². The van der Waals surface area contributed by atoms with Crippen LogP contribution in [0.4, 0.5) is 0 Å². The van der Waals surface area contributed by atoms with Crippen LogP contribution in [0.3, 0.4) is 0 Å². The number of carbonyl (C=O) groups excluding carboxylic acids is 1. The maximum Gasteiger partial charge on any atom is 0.229 e. The van der Waals surface area contributed by atoms with Gasteiger partial charge in [0.2, 0.25) is 5.91 Å². The van der Waals surface area contributed by atoms with Gasteiger partial charge in [0, 0.05) is 17.5 Å². The minimum atomic E-state index is 0.00429. The van der Waals surface area contributed by atoms with Gasteiger partial charge in [-0.15, -0.1) is 0 Å². The van der Waals surface area contributed by atoms with Crippen molar-refractivity contribution in [1.29, 1.82) is 0 Å². The molecule has 0 spiro atoms. The fraction of sp³-hybridized carbons (Fsp3) is 0.917. The maximum absolute atomic E-state index is 12.3. The molecule has 3 rings (SSSR count). The largest absolute Gasteiger partial charge is 0.336 e. The third kappa shape index (κ3) is 1.25. The molecule has 3 unspecified atom stereocenters. The van der Waals surface area contributed by atoms with Crippen LogP contribution < -0.4 is 5.73 Å². The second-order valence-electron chi connectivity index (χ2n) is 5.80. The number of amides is 1. The highest BCUT2D eigenvalue weighted by atomic mass is 16.2. The first-order valence-electron chi connectivity index (χ1n) is 6.18. The maximum atomic E-state index is 12.3. The van der Waals surface area contributed by atoms with Gasteiger partial charge >= 0.3 is 0 Å². The smallest absolute Gasteiger partial charge is 0.229 e. The summed E-state index contributed by atoms with van der Waals surface area (Å²) in [7, 11) is 0. The number of nitrogens with two attached hydrogens (primary N) is 1. The van der Waals surface area contributed by atoms with E-state index in [0.717, 1.165) is 25.8 Å². The summed E-state index contributed by atoms with van der Waals surface area (Å²) in [6, 6.07) is 0.999. The minimum absolute atomic E-state index is 0.00429. The number of fused-ring (bicyclic) bond motifs is 2. The molecular formula is C12H20N2O. The summed E-state index contributed by atoms with van der Waals surface area (Å²) in [5.41, 5.74) is 5.77. The molecule has 3 nitrogen and oxygen atoms in total. The number of nitrogens with zero attached hydrogens (tertiary/aromatic N) is 1. The van der Waals surface area contributed by atoms with Crippen molar-refractivity contribution in [3.8, 4) is 0 Å². The highest BCUT2D eigenvalue weighted by Crippen LogP contribution is 2.51. The van der Waals surface area contributed by atoms with Gasteiger partial charge in [0.25, 0.3) is 0 Å². The zero-order valence-electron chi connectivity index (χ0n) is 9.41. The van der Waals surface area contributed by atoms with Gasteiger partial charge in [0.05, 0.1) is 0 Å². The van der Waals surface area contributed by atoms with Gasteiger partial charge in [0.1, 0.15) is 0 Å². The van der Waals surface area contributed by atoms with E-state index < -0.39 is 0 Å². The monoisotopic (exact) mass is 208 g/mol. The molecule has 2 saturated heterocycles. The summed E-state index contributed by atoms with van der Waals surface area (Å²) in [5, 5.41) is 0. The lowest BCUT2D eigenvalue weighted by molar-refractivity contribution is -0.137. The normalized spacial score (nSPS) is 40.9. The molecule has 1 amide bonds. The van der Waals surface area contributed by atoms with Crippen LogP contribution in [0, 0.1) is 11.3 Å². The Morgan fingerprint density at radius 2 is 2.20 bits per heavy atom. The van der Waals surface area contributed by atoms with Gasteiger partial charge in [-0.1, -0.05) is 6.92 Å². The zero-order chi connectivity index (χ0) is 10.6. The van der Waals surface area contributed by atoms with E-state index in [0.29, 0.717) is 23.9 Å². The Kier molecular flexibility index (Phi) is 1.91. The molecule has 84 valence electrons. The van der Waals surface area contributed by atoms with Crippen molar-refractivity contribution in [2.24, 2.45) is 17.1 Å². The van der Waals surface area contributed by atoms with E-state index in [2.05, 4.69) is 11.8 Å². The van der Waals surface area contributed by atoms with Crippen LogP contribution in [-0.2, 0) is 4.79 Å². The second kappa shape index (κ2) is 2.97. The molecule has 1 saturated carbocycles. The molecule has 0 radical (unpaired) electrons. The molecule has 3 fully saturated rings. The molecule has 0 aromatic rings. The van der Waals surface area contributed by atoms with Gasteiger partial charge in [0.15, 0.2) is 0 Å². The first-order chi connectivity index (χ1) is 7.15. The Morgan fingerprint density at radius 1 is 1.47 bits per heavy atom. The van der Waals surface area contributed by atoms with Crippen LogP contribution in [0.25, 0.3) is 0 Å². The van der Waals surface area contributed by atoms with Crippen molar-refractivity contribution >= 4 is 5.91 Å². The van der Waals surface area contributed by atoms with Gasteiger partial charge in [-0.3, -0.25) is 4.79 Å². The lowest BCUT2D eigenvalue weighted by Crippen LogP contribution is -2.41. The third-order valence-electron chi connectivity index (χ3n) is 4.72. The quantitative estimate of drug-likeness (QED) is 0.739. The Balaban J connectivity index is 1.80. The lowest BCUT2D eigenvalue weighted by atomic mass is 9.89. The molecule has 2 aliphatic heterocycles. The first kappa shape index (κ1) is 9.64. The molecular weight excluding hydrogens is 188 g/mol. The predicted molar refractivity (Wildman–Crippen MR) is 58.2 cm³/mol. The molecule has 2 heterocycles. The molecule has 2 bridgehead atoms. The van der Waals surface area contributed by atoms with Crippen LogP contribution in [0.1, 0.15) is 39.0 Å². The van der Waals surface area contributed by atoms with Crippen molar-refractivity contribution in [2.45, 2.75) is 51.1 Å². The van der Waals surface area contributed by atoms with Crippen LogP contribution in [-0.4, -0.2) is 29.4 Å². The van der Waals surface area contributed by atoms with Gasteiger partial charge in [-0.25, -0.2) is 0 Å². The van der Waals surface area contributed by atoms with Crippen LogP contribution in [0.2, 0.25) is 0 Å². The summed E-state index contributed by atoms with van der Waals surface area (Å²) < 4.78 is 0. The predicted octanol–water partition coefficient (Wildman–Crippen LogP) is 1.12. The van der Waals surface area contributed by atoms with Crippen molar-refractivity contribution < 1.29 is 4.79 Å². The third-order valence-corrected chi connectivity index (χ3v) is 4.72. The van der Waals surface area contributed by atoms with E-state index in [1.807, 2.05) is 0 Å². The molecule has 1 aliphatic carbocycles. The SMILES string of the molecule is CC1(C(=O)N2C3CCC2C(CN)C3)CC1. The van der Waals surface area contributed by atoms with Gasteiger partial charge < -0.3 is 10.6 Å². The first-order valence-corrected chi connectivity index (χ1v) is 6.18. The van der Waals surface area contributed by atoms with E-state index in [1.165, 1.54) is 12.8 Å². The summed E-state index contributed by atoms with van der Waals surface area (Å²) >= 11 is 0. The highest BCUT2D eigenvalue weighted by Gasteiger charge is 2.55. The van der Waals surface area contributed by atoms with Crippen molar-refractivity contribution in [3.05, 3.63) is 0 Å². The number of hydrogen-bond donors (Lipinski definition) is 1. The molecule has 15 heavy (non-hydrogen) atoms. The van der Waals surface area contributed by atoms with Crippen molar-refractivity contribution in [1.82, 2.24) is 4.90 Å². The van der Waals surface area contributed by atoms with Crippen LogP contribution >= 0.6 is 0 Å².